The van der Waals surface area contributed by atoms with E-state index in [1.165, 1.54) is 18.4 Å². The third kappa shape index (κ3) is 4.85. The predicted molar refractivity (Wildman–Crippen MR) is 105 cm³/mol. The minimum atomic E-state index is -3.90. The summed E-state index contributed by atoms with van der Waals surface area (Å²) in [5.41, 5.74) is 1.90. The van der Waals surface area contributed by atoms with Crippen molar-refractivity contribution < 1.29 is 17.6 Å². The number of nitrogens with zero attached hydrogens (tertiary/aromatic N) is 2. The fourth-order valence-corrected chi connectivity index (χ4v) is 3.91. The average Bonchev–Trinajstić information content (AvgIpc) is 3.17. The number of carbonyl (C=O) groups excluding carboxylic acids is 1. The number of nitrogens with one attached hydrogen (secondary N) is 1. The zero-order valence-electron chi connectivity index (χ0n) is 15.6. The van der Waals surface area contributed by atoms with Gasteiger partial charge in [0.05, 0.1) is 24.2 Å². The molecule has 146 valence electrons. The summed E-state index contributed by atoms with van der Waals surface area (Å²) >= 11 is 0. The van der Waals surface area contributed by atoms with Gasteiger partial charge in [-0.15, -0.1) is 0 Å². The van der Waals surface area contributed by atoms with E-state index < -0.39 is 15.9 Å². The molecule has 0 saturated heterocycles. The van der Waals surface area contributed by atoms with Crippen molar-refractivity contribution in [3.05, 3.63) is 77.9 Å². The maximum absolute atomic E-state index is 13.1. The molecule has 1 amide bonds. The number of hydrogen-bond donors (Lipinski definition) is 1. The molecule has 1 aromatic carbocycles. The molecule has 0 radical (unpaired) electrons. The van der Waals surface area contributed by atoms with Gasteiger partial charge in [-0.05, 0) is 49.7 Å². The molecule has 0 aliphatic rings. The molecule has 0 fully saturated rings. The molecule has 3 rings (SSSR count). The Hall–Kier alpha value is -2.97. The number of rotatable bonds is 7. The Bertz CT molecular complexity index is 1030. The summed E-state index contributed by atoms with van der Waals surface area (Å²) in [6.07, 6.45) is 3.08. The molecule has 0 spiro atoms. The van der Waals surface area contributed by atoms with E-state index in [0.29, 0.717) is 11.6 Å². The number of amides is 1. The van der Waals surface area contributed by atoms with E-state index >= 15 is 0 Å². The van der Waals surface area contributed by atoms with Crippen molar-refractivity contribution >= 4 is 21.7 Å². The molecular formula is C20H21N3O4S. The van der Waals surface area contributed by atoms with Crippen LogP contribution >= 0.6 is 0 Å². The highest BCUT2D eigenvalue weighted by Gasteiger charge is 2.27. The highest BCUT2D eigenvalue weighted by molar-refractivity contribution is 7.89. The molecule has 0 saturated carbocycles. The Kier molecular flexibility index (Phi) is 5.91. The van der Waals surface area contributed by atoms with Gasteiger partial charge < -0.3 is 9.73 Å². The normalized spacial score (nSPS) is 11.5. The lowest BCUT2D eigenvalue weighted by Gasteiger charge is -2.21. The van der Waals surface area contributed by atoms with Crippen LogP contribution < -0.4 is 5.32 Å². The number of sulfonamides is 1. The number of carbonyl (C=O) groups is 1. The summed E-state index contributed by atoms with van der Waals surface area (Å²) in [5.74, 6) is 0.317. The number of aromatic nitrogens is 1. The van der Waals surface area contributed by atoms with E-state index in [0.717, 1.165) is 15.4 Å². The van der Waals surface area contributed by atoms with E-state index in [9.17, 15) is 13.2 Å². The lowest BCUT2D eigenvalue weighted by molar-refractivity contribution is -0.116. The Morgan fingerprint density at radius 3 is 2.39 bits per heavy atom. The minimum Gasteiger partial charge on any atom is -0.468 e. The third-order valence-electron chi connectivity index (χ3n) is 4.07. The summed E-state index contributed by atoms with van der Waals surface area (Å²) in [6, 6.07) is 13.3. The Morgan fingerprint density at radius 1 is 1.07 bits per heavy atom. The van der Waals surface area contributed by atoms with Crippen LogP contribution in [-0.4, -0.2) is 30.2 Å². The van der Waals surface area contributed by atoms with Gasteiger partial charge in [0, 0.05) is 6.20 Å². The second-order valence-corrected chi connectivity index (χ2v) is 8.37. The number of anilines is 1. The fourth-order valence-electron chi connectivity index (χ4n) is 2.55. The van der Waals surface area contributed by atoms with E-state index in [1.807, 2.05) is 19.9 Å². The molecule has 0 unspecified atom stereocenters. The van der Waals surface area contributed by atoms with E-state index in [-0.39, 0.29) is 18.0 Å². The van der Waals surface area contributed by atoms with E-state index in [2.05, 4.69) is 10.3 Å². The minimum absolute atomic E-state index is 0.0576. The van der Waals surface area contributed by atoms with Crippen LogP contribution in [0.1, 0.15) is 16.9 Å². The highest BCUT2D eigenvalue weighted by atomic mass is 32.2. The first-order chi connectivity index (χ1) is 13.3. The Balaban J connectivity index is 1.83. The second-order valence-electron chi connectivity index (χ2n) is 6.43. The van der Waals surface area contributed by atoms with Crippen LogP contribution in [0.15, 0.2) is 70.3 Å². The molecule has 28 heavy (non-hydrogen) atoms. The van der Waals surface area contributed by atoms with Crippen LogP contribution in [0.3, 0.4) is 0 Å². The van der Waals surface area contributed by atoms with Crippen molar-refractivity contribution in [2.75, 3.05) is 11.9 Å². The summed E-state index contributed by atoms with van der Waals surface area (Å²) in [4.78, 5) is 16.7. The molecule has 2 heterocycles. The first kappa shape index (κ1) is 19.8. The SMILES string of the molecule is Cc1ccc(S(=O)(=O)N(CC(=O)Nc2ccc(C)cn2)Cc2ccco2)cc1. The second kappa shape index (κ2) is 8.37. The van der Waals surface area contributed by atoms with Crippen molar-refractivity contribution in [1.29, 1.82) is 0 Å². The first-order valence-corrected chi connectivity index (χ1v) is 10.1. The quantitative estimate of drug-likeness (QED) is 0.659. The molecule has 0 aliphatic heterocycles. The van der Waals surface area contributed by atoms with Gasteiger partial charge in [-0.3, -0.25) is 4.79 Å². The molecule has 0 aliphatic carbocycles. The van der Waals surface area contributed by atoms with Gasteiger partial charge in [-0.2, -0.15) is 4.31 Å². The first-order valence-electron chi connectivity index (χ1n) is 8.66. The van der Waals surface area contributed by atoms with Crippen molar-refractivity contribution in [2.24, 2.45) is 0 Å². The molecular weight excluding hydrogens is 378 g/mol. The fraction of sp³-hybridized carbons (Fsp3) is 0.200. The molecule has 0 bridgehead atoms. The highest BCUT2D eigenvalue weighted by Crippen LogP contribution is 2.19. The maximum Gasteiger partial charge on any atom is 0.243 e. The van der Waals surface area contributed by atoms with Crippen LogP contribution in [-0.2, 0) is 21.4 Å². The van der Waals surface area contributed by atoms with E-state index in [1.54, 1.807) is 36.5 Å². The van der Waals surface area contributed by atoms with Crippen LogP contribution in [0.4, 0.5) is 5.82 Å². The van der Waals surface area contributed by atoms with Gasteiger partial charge >= 0.3 is 0 Å². The molecule has 8 heteroatoms. The Labute approximate surface area is 164 Å². The number of aryl methyl sites for hydroxylation is 2. The largest absolute Gasteiger partial charge is 0.468 e. The Morgan fingerprint density at radius 2 is 1.79 bits per heavy atom. The van der Waals surface area contributed by atoms with Crippen LogP contribution in [0.2, 0.25) is 0 Å². The molecule has 2 aromatic heterocycles. The van der Waals surface area contributed by atoms with Crippen molar-refractivity contribution in [2.45, 2.75) is 25.3 Å². The van der Waals surface area contributed by atoms with Crippen molar-refractivity contribution in [3.8, 4) is 0 Å². The van der Waals surface area contributed by atoms with Gasteiger partial charge in [-0.1, -0.05) is 23.8 Å². The zero-order valence-corrected chi connectivity index (χ0v) is 16.4. The lowest BCUT2D eigenvalue weighted by Crippen LogP contribution is -2.37. The average molecular weight is 399 g/mol. The lowest BCUT2D eigenvalue weighted by atomic mass is 10.2. The summed E-state index contributed by atoms with van der Waals surface area (Å²) in [7, 11) is -3.90. The molecule has 7 nitrogen and oxygen atoms in total. The molecule has 3 aromatic rings. The number of furan rings is 1. The molecule has 0 atom stereocenters. The van der Waals surface area contributed by atoms with Gasteiger partial charge in [-0.25, -0.2) is 13.4 Å². The smallest absolute Gasteiger partial charge is 0.243 e. The van der Waals surface area contributed by atoms with Crippen LogP contribution in [0.5, 0.6) is 0 Å². The zero-order chi connectivity index (χ0) is 20.1. The maximum atomic E-state index is 13.1. The van der Waals surface area contributed by atoms with Gasteiger partial charge in [0.2, 0.25) is 15.9 Å². The number of hydrogen-bond acceptors (Lipinski definition) is 5. The molecule has 1 N–H and O–H groups in total. The third-order valence-corrected chi connectivity index (χ3v) is 5.88. The monoisotopic (exact) mass is 399 g/mol. The standard InChI is InChI=1S/C20H21N3O4S/c1-15-5-8-18(9-6-15)28(25,26)23(13-17-4-3-11-27-17)14-20(24)22-19-10-7-16(2)12-21-19/h3-12H,13-14H2,1-2H3,(H,21,22,24). The predicted octanol–water partition coefficient (Wildman–Crippen LogP) is 3.12. The van der Waals surface area contributed by atoms with Gasteiger partial charge in [0.1, 0.15) is 11.6 Å². The topological polar surface area (TPSA) is 92.5 Å². The van der Waals surface area contributed by atoms with E-state index in [4.69, 9.17) is 4.42 Å². The number of benzene rings is 1. The van der Waals surface area contributed by atoms with Crippen LogP contribution in [0.25, 0.3) is 0 Å². The van der Waals surface area contributed by atoms with Gasteiger partial charge in [0.25, 0.3) is 0 Å². The van der Waals surface area contributed by atoms with Crippen molar-refractivity contribution in [1.82, 2.24) is 9.29 Å². The summed E-state index contributed by atoms with van der Waals surface area (Å²) in [5, 5.41) is 2.63. The van der Waals surface area contributed by atoms with Crippen LogP contribution in [0, 0.1) is 13.8 Å². The van der Waals surface area contributed by atoms with Gasteiger partial charge in [0.15, 0.2) is 0 Å². The van der Waals surface area contributed by atoms with Crippen molar-refractivity contribution in [3.63, 3.8) is 0 Å². The summed E-state index contributed by atoms with van der Waals surface area (Å²) < 4.78 is 32.5. The summed E-state index contributed by atoms with van der Waals surface area (Å²) in [6.45, 7) is 3.33. The number of pyridine rings is 1.